The number of amides is 1. The number of aromatic amines is 1. The number of anilines is 1. The van der Waals surface area contributed by atoms with Crippen LogP contribution in [0.1, 0.15) is 15.9 Å². The van der Waals surface area contributed by atoms with E-state index in [1.165, 1.54) is 0 Å². The predicted octanol–water partition coefficient (Wildman–Crippen LogP) is 2.33. The Morgan fingerprint density at radius 3 is 2.92 bits per heavy atom. The molecule has 0 atom stereocenters. The van der Waals surface area contributed by atoms with Crippen LogP contribution in [-0.2, 0) is 11.3 Å². The Morgan fingerprint density at radius 1 is 1.20 bits per heavy atom. The minimum Gasteiger partial charge on any atom is -0.378 e. The van der Waals surface area contributed by atoms with Crippen LogP contribution in [0.3, 0.4) is 0 Å². The molecular formula is C19H20N4O2. The number of benzene rings is 2. The van der Waals surface area contributed by atoms with Crippen LogP contribution in [0, 0.1) is 0 Å². The molecule has 0 saturated carbocycles. The normalized spacial score (nSPS) is 14.6. The molecule has 1 aromatic heterocycles. The highest BCUT2D eigenvalue weighted by Gasteiger charge is 2.18. The lowest BCUT2D eigenvalue weighted by atomic mass is 10.1. The number of imidazole rings is 1. The first kappa shape index (κ1) is 15.7. The number of ether oxygens (including phenoxy) is 1. The second-order valence-corrected chi connectivity index (χ2v) is 6.05. The van der Waals surface area contributed by atoms with Gasteiger partial charge in [0.2, 0.25) is 0 Å². The fourth-order valence-electron chi connectivity index (χ4n) is 3.12. The van der Waals surface area contributed by atoms with Crippen LogP contribution in [0.4, 0.5) is 5.69 Å². The Balaban J connectivity index is 1.49. The molecule has 2 heterocycles. The fourth-order valence-corrected chi connectivity index (χ4v) is 3.12. The molecule has 0 bridgehead atoms. The van der Waals surface area contributed by atoms with Crippen LogP contribution in [0.25, 0.3) is 11.0 Å². The number of carbonyl (C=O) groups is 1. The zero-order valence-electron chi connectivity index (χ0n) is 13.9. The molecule has 3 aromatic rings. The standard InChI is InChI=1S/C19H20N4O2/c24-19(20-12-14-5-6-16-17(11-14)22-13-21-16)15-3-1-2-4-18(15)23-7-9-25-10-8-23/h1-6,11,13H,7-10,12H2,(H,20,24)(H,21,22). The fraction of sp³-hybridized carbons (Fsp3) is 0.263. The number of aromatic nitrogens is 2. The zero-order valence-corrected chi connectivity index (χ0v) is 13.9. The van der Waals surface area contributed by atoms with Crippen molar-refractivity contribution in [3.05, 3.63) is 59.9 Å². The minimum atomic E-state index is -0.0631. The number of hydrogen-bond acceptors (Lipinski definition) is 4. The average Bonchev–Trinajstić information content (AvgIpc) is 3.14. The number of nitrogens with one attached hydrogen (secondary N) is 2. The van der Waals surface area contributed by atoms with Gasteiger partial charge in [-0.15, -0.1) is 0 Å². The molecule has 0 radical (unpaired) electrons. The maximum atomic E-state index is 12.7. The van der Waals surface area contributed by atoms with E-state index in [-0.39, 0.29) is 5.91 Å². The first-order chi connectivity index (χ1) is 12.3. The van der Waals surface area contributed by atoms with E-state index < -0.39 is 0 Å². The highest BCUT2D eigenvalue weighted by molar-refractivity contribution is 5.99. The first-order valence-electron chi connectivity index (χ1n) is 8.43. The Morgan fingerprint density at radius 2 is 2.04 bits per heavy atom. The van der Waals surface area contributed by atoms with Crippen molar-refractivity contribution in [2.75, 3.05) is 31.2 Å². The van der Waals surface area contributed by atoms with Crippen molar-refractivity contribution >= 4 is 22.6 Å². The van der Waals surface area contributed by atoms with Gasteiger partial charge in [0.05, 0.1) is 36.1 Å². The van der Waals surface area contributed by atoms with E-state index in [0.717, 1.165) is 35.4 Å². The number of para-hydroxylation sites is 1. The van der Waals surface area contributed by atoms with Crippen LogP contribution in [0.15, 0.2) is 48.8 Å². The Labute approximate surface area is 145 Å². The topological polar surface area (TPSA) is 70.2 Å². The van der Waals surface area contributed by atoms with Crippen molar-refractivity contribution in [1.82, 2.24) is 15.3 Å². The van der Waals surface area contributed by atoms with Gasteiger partial charge in [0.15, 0.2) is 0 Å². The van der Waals surface area contributed by atoms with Crippen LogP contribution < -0.4 is 10.2 Å². The summed E-state index contributed by atoms with van der Waals surface area (Å²) in [5, 5.41) is 3.02. The molecule has 6 heteroatoms. The van der Waals surface area contributed by atoms with Gasteiger partial charge < -0.3 is 19.9 Å². The second-order valence-electron chi connectivity index (χ2n) is 6.05. The van der Waals surface area contributed by atoms with Crippen molar-refractivity contribution in [3.63, 3.8) is 0 Å². The van der Waals surface area contributed by atoms with Gasteiger partial charge in [-0.1, -0.05) is 18.2 Å². The highest BCUT2D eigenvalue weighted by Crippen LogP contribution is 2.21. The van der Waals surface area contributed by atoms with Crippen LogP contribution in [-0.4, -0.2) is 42.2 Å². The van der Waals surface area contributed by atoms with Crippen LogP contribution >= 0.6 is 0 Å². The largest absolute Gasteiger partial charge is 0.378 e. The van der Waals surface area contributed by atoms with Crippen molar-refractivity contribution < 1.29 is 9.53 Å². The lowest BCUT2D eigenvalue weighted by Gasteiger charge is -2.30. The summed E-state index contributed by atoms with van der Waals surface area (Å²) >= 11 is 0. The van der Waals surface area contributed by atoms with Crippen molar-refractivity contribution in [2.24, 2.45) is 0 Å². The third-order valence-corrected chi connectivity index (χ3v) is 4.44. The van der Waals surface area contributed by atoms with Gasteiger partial charge in [-0.2, -0.15) is 0 Å². The molecule has 2 N–H and O–H groups in total. The van der Waals surface area contributed by atoms with E-state index in [1.807, 2.05) is 42.5 Å². The summed E-state index contributed by atoms with van der Waals surface area (Å²) < 4.78 is 5.41. The monoisotopic (exact) mass is 336 g/mol. The van der Waals surface area contributed by atoms with E-state index >= 15 is 0 Å². The van der Waals surface area contributed by atoms with Gasteiger partial charge in [0.25, 0.3) is 5.91 Å². The average molecular weight is 336 g/mol. The molecule has 1 amide bonds. The maximum absolute atomic E-state index is 12.7. The summed E-state index contributed by atoms with van der Waals surface area (Å²) in [7, 11) is 0. The Bertz CT molecular complexity index is 884. The quantitative estimate of drug-likeness (QED) is 0.767. The summed E-state index contributed by atoms with van der Waals surface area (Å²) in [4.78, 5) is 22.2. The van der Waals surface area contributed by atoms with Crippen molar-refractivity contribution in [1.29, 1.82) is 0 Å². The maximum Gasteiger partial charge on any atom is 0.253 e. The predicted molar refractivity (Wildman–Crippen MR) is 96.7 cm³/mol. The molecule has 0 spiro atoms. The third-order valence-electron chi connectivity index (χ3n) is 4.44. The number of rotatable bonds is 4. The van der Waals surface area contributed by atoms with Gasteiger partial charge >= 0.3 is 0 Å². The van der Waals surface area contributed by atoms with Gasteiger partial charge in [-0.3, -0.25) is 4.79 Å². The second kappa shape index (κ2) is 6.94. The molecule has 25 heavy (non-hydrogen) atoms. The van der Waals surface area contributed by atoms with E-state index in [1.54, 1.807) is 6.33 Å². The van der Waals surface area contributed by atoms with Crippen LogP contribution in [0.5, 0.6) is 0 Å². The molecule has 4 rings (SSSR count). The number of fused-ring (bicyclic) bond motifs is 1. The molecule has 0 aliphatic carbocycles. The van der Waals surface area contributed by atoms with Gasteiger partial charge in [0.1, 0.15) is 0 Å². The van der Waals surface area contributed by atoms with E-state index in [4.69, 9.17) is 4.74 Å². The lowest BCUT2D eigenvalue weighted by Crippen LogP contribution is -2.37. The van der Waals surface area contributed by atoms with Crippen molar-refractivity contribution in [2.45, 2.75) is 6.54 Å². The van der Waals surface area contributed by atoms with Gasteiger partial charge in [-0.05, 0) is 29.8 Å². The SMILES string of the molecule is O=C(NCc1ccc2nc[nH]c2c1)c1ccccc1N1CCOCC1. The number of morpholine rings is 1. The van der Waals surface area contributed by atoms with Gasteiger partial charge in [0, 0.05) is 25.3 Å². The number of carbonyl (C=O) groups excluding carboxylic acids is 1. The molecule has 2 aromatic carbocycles. The van der Waals surface area contributed by atoms with Crippen molar-refractivity contribution in [3.8, 4) is 0 Å². The minimum absolute atomic E-state index is 0.0631. The lowest BCUT2D eigenvalue weighted by molar-refractivity contribution is 0.0949. The summed E-state index contributed by atoms with van der Waals surface area (Å²) in [5.41, 5.74) is 4.60. The van der Waals surface area contributed by atoms with E-state index in [2.05, 4.69) is 20.2 Å². The molecule has 1 aliphatic rings. The summed E-state index contributed by atoms with van der Waals surface area (Å²) in [6.07, 6.45) is 1.67. The Kier molecular flexibility index (Phi) is 4.35. The van der Waals surface area contributed by atoms with Gasteiger partial charge in [-0.25, -0.2) is 4.98 Å². The number of hydrogen-bond donors (Lipinski definition) is 2. The molecular weight excluding hydrogens is 316 g/mol. The van der Waals surface area contributed by atoms with E-state index in [0.29, 0.717) is 25.3 Å². The molecule has 0 unspecified atom stereocenters. The number of H-pyrrole nitrogens is 1. The molecule has 1 saturated heterocycles. The molecule has 128 valence electrons. The van der Waals surface area contributed by atoms with E-state index in [9.17, 15) is 4.79 Å². The van der Waals surface area contributed by atoms with Crippen LogP contribution in [0.2, 0.25) is 0 Å². The zero-order chi connectivity index (χ0) is 17.1. The summed E-state index contributed by atoms with van der Waals surface area (Å²) in [5.74, 6) is -0.0631. The smallest absolute Gasteiger partial charge is 0.253 e. The summed E-state index contributed by atoms with van der Waals surface area (Å²) in [6.45, 7) is 3.48. The third kappa shape index (κ3) is 3.34. The molecule has 6 nitrogen and oxygen atoms in total. The summed E-state index contributed by atoms with van der Waals surface area (Å²) in [6, 6.07) is 13.7. The Hall–Kier alpha value is -2.86. The first-order valence-corrected chi connectivity index (χ1v) is 8.43. The number of nitrogens with zero attached hydrogens (tertiary/aromatic N) is 2. The molecule has 1 aliphatic heterocycles. The highest BCUT2D eigenvalue weighted by atomic mass is 16.5. The molecule has 1 fully saturated rings.